The van der Waals surface area contributed by atoms with Crippen LogP contribution in [0, 0.1) is 12.8 Å². The highest BCUT2D eigenvalue weighted by Crippen LogP contribution is 2.47. The zero-order valence-electron chi connectivity index (χ0n) is 15.1. The number of hydrogen-bond donors (Lipinski definition) is 1. The summed E-state index contributed by atoms with van der Waals surface area (Å²) in [6.07, 6.45) is 7.83. The predicted octanol–water partition coefficient (Wildman–Crippen LogP) is 3.08. The van der Waals surface area contributed by atoms with Gasteiger partial charge in [0, 0.05) is 24.7 Å². The van der Waals surface area contributed by atoms with Gasteiger partial charge in [0.1, 0.15) is 5.69 Å². The van der Waals surface area contributed by atoms with Gasteiger partial charge in [0.15, 0.2) is 0 Å². The topological polar surface area (TPSA) is 66.3 Å². The molecule has 2 fully saturated rings. The van der Waals surface area contributed by atoms with Crippen LogP contribution < -0.4 is 0 Å². The van der Waals surface area contributed by atoms with Crippen molar-refractivity contribution in [3.8, 4) is 0 Å². The average Bonchev–Trinajstić information content (AvgIpc) is 2.69. The van der Waals surface area contributed by atoms with Crippen LogP contribution >= 0.6 is 0 Å². The molecule has 1 aliphatic heterocycles. The molecule has 26 heavy (non-hydrogen) atoms. The lowest BCUT2D eigenvalue weighted by Gasteiger charge is -2.52. The van der Waals surface area contributed by atoms with Crippen molar-refractivity contribution in [3.63, 3.8) is 0 Å². The van der Waals surface area contributed by atoms with Gasteiger partial charge in [0.05, 0.1) is 17.5 Å². The molecule has 0 bridgehead atoms. The molecular formula is C21H25N3O2. The molecule has 0 unspecified atom stereocenters. The molecular weight excluding hydrogens is 326 g/mol. The first-order chi connectivity index (χ1) is 12.6. The molecule has 1 N–H and O–H groups in total. The van der Waals surface area contributed by atoms with Gasteiger partial charge in [-0.25, -0.2) is 4.98 Å². The fourth-order valence-corrected chi connectivity index (χ4v) is 4.67. The van der Waals surface area contributed by atoms with Gasteiger partial charge >= 0.3 is 0 Å². The highest BCUT2D eigenvalue weighted by atomic mass is 16.3. The maximum Gasteiger partial charge on any atom is 0.274 e. The monoisotopic (exact) mass is 351 g/mol. The molecule has 1 aliphatic carbocycles. The van der Waals surface area contributed by atoms with Crippen molar-refractivity contribution >= 4 is 5.91 Å². The second-order valence-electron chi connectivity index (χ2n) is 7.54. The van der Waals surface area contributed by atoms with E-state index in [0.717, 1.165) is 36.9 Å². The Kier molecular flexibility index (Phi) is 4.49. The smallest absolute Gasteiger partial charge is 0.274 e. The van der Waals surface area contributed by atoms with Gasteiger partial charge in [-0.15, -0.1) is 0 Å². The number of aryl methyl sites for hydroxylation is 1. The van der Waals surface area contributed by atoms with E-state index < -0.39 is 5.60 Å². The van der Waals surface area contributed by atoms with E-state index >= 15 is 0 Å². The Bertz CT molecular complexity index is 778. The summed E-state index contributed by atoms with van der Waals surface area (Å²) in [6, 6.07) is 10.00. The molecule has 136 valence electrons. The van der Waals surface area contributed by atoms with E-state index in [2.05, 4.69) is 9.97 Å². The number of carbonyl (C=O) groups excluding carboxylic acids is 1. The third-order valence-corrected chi connectivity index (χ3v) is 6.01. The number of rotatable bonds is 2. The molecule has 1 amide bonds. The number of aromatic nitrogens is 2. The number of likely N-dealkylation sites (tertiary alicyclic amines) is 1. The van der Waals surface area contributed by atoms with Crippen LogP contribution in [0.25, 0.3) is 0 Å². The average molecular weight is 351 g/mol. The maximum atomic E-state index is 13.1. The fraction of sp³-hybridized carbons (Fsp3) is 0.476. The lowest BCUT2D eigenvalue weighted by molar-refractivity contribution is -0.110. The molecule has 0 radical (unpaired) electrons. The van der Waals surface area contributed by atoms with Crippen molar-refractivity contribution in [1.29, 1.82) is 0 Å². The summed E-state index contributed by atoms with van der Waals surface area (Å²) in [5.74, 6) is -0.000677. The zero-order valence-corrected chi connectivity index (χ0v) is 15.1. The summed E-state index contributed by atoms with van der Waals surface area (Å²) in [6.45, 7) is 2.40. The second kappa shape index (κ2) is 6.80. The predicted molar refractivity (Wildman–Crippen MR) is 98.5 cm³/mol. The minimum absolute atomic E-state index is 0.0540. The van der Waals surface area contributed by atoms with Crippen LogP contribution in [-0.2, 0) is 5.60 Å². The normalized spacial score (nSPS) is 28.5. The molecule has 1 aromatic heterocycles. The molecule has 1 saturated heterocycles. The van der Waals surface area contributed by atoms with Crippen LogP contribution in [0.1, 0.15) is 53.8 Å². The summed E-state index contributed by atoms with van der Waals surface area (Å²) < 4.78 is 0. The minimum Gasteiger partial charge on any atom is -0.385 e. The van der Waals surface area contributed by atoms with Gasteiger partial charge in [-0.1, -0.05) is 43.2 Å². The van der Waals surface area contributed by atoms with E-state index in [1.807, 2.05) is 42.2 Å². The number of aliphatic hydroxyl groups is 1. The van der Waals surface area contributed by atoms with Gasteiger partial charge < -0.3 is 10.0 Å². The van der Waals surface area contributed by atoms with Gasteiger partial charge in [-0.3, -0.25) is 9.78 Å². The number of fused-ring (bicyclic) bond motifs is 1. The summed E-state index contributed by atoms with van der Waals surface area (Å²) in [5.41, 5.74) is 1.31. The minimum atomic E-state index is -0.859. The van der Waals surface area contributed by atoms with Crippen molar-refractivity contribution in [3.05, 3.63) is 59.7 Å². The fourth-order valence-electron chi connectivity index (χ4n) is 4.67. The number of hydrogen-bond acceptors (Lipinski definition) is 4. The van der Waals surface area contributed by atoms with Crippen LogP contribution in [0.3, 0.4) is 0 Å². The summed E-state index contributed by atoms with van der Waals surface area (Å²) in [5, 5.41) is 11.6. The highest BCUT2D eigenvalue weighted by Gasteiger charge is 2.50. The second-order valence-corrected chi connectivity index (χ2v) is 7.54. The Hall–Kier alpha value is -2.27. The van der Waals surface area contributed by atoms with E-state index in [-0.39, 0.29) is 17.9 Å². The lowest BCUT2D eigenvalue weighted by Crippen LogP contribution is -2.59. The SMILES string of the molecule is Cc1cnc(C(=O)N2CC[C@@](O)(c3ccccc3)[C@@H]3CCCC[C@H]32)cn1. The van der Waals surface area contributed by atoms with Crippen LogP contribution in [0.5, 0.6) is 0 Å². The van der Waals surface area contributed by atoms with Crippen LogP contribution in [-0.4, -0.2) is 38.5 Å². The summed E-state index contributed by atoms with van der Waals surface area (Å²) in [7, 11) is 0. The van der Waals surface area contributed by atoms with Crippen LogP contribution in [0.4, 0.5) is 0 Å². The molecule has 5 nitrogen and oxygen atoms in total. The van der Waals surface area contributed by atoms with Crippen molar-refractivity contribution in [2.75, 3.05) is 6.54 Å². The first-order valence-corrected chi connectivity index (χ1v) is 9.47. The third kappa shape index (κ3) is 2.90. The van der Waals surface area contributed by atoms with Gasteiger partial charge in [0.25, 0.3) is 5.91 Å². The molecule has 1 aromatic carbocycles. The van der Waals surface area contributed by atoms with Gasteiger partial charge in [0.2, 0.25) is 0 Å². The Morgan fingerprint density at radius 1 is 1.15 bits per heavy atom. The third-order valence-electron chi connectivity index (χ3n) is 6.01. The van der Waals surface area contributed by atoms with Crippen molar-refractivity contribution in [2.24, 2.45) is 5.92 Å². The van der Waals surface area contributed by atoms with Crippen molar-refractivity contribution < 1.29 is 9.90 Å². The molecule has 1 saturated carbocycles. The van der Waals surface area contributed by atoms with E-state index in [1.54, 1.807) is 12.4 Å². The van der Waals surface area contributed by atoms with E-state index in [9.17, 15) is 9.90 Å². The largest absolute Gasteiger partial charge is 0.385 e. The van der Waals surface area contributed by atoms with Crippen LogP contribution in [0.2, 0.25) is 0 Å². The van der Waals surface area contributed by atoms with Gasteiger partial charge in [-0.05, 0) is 31.7 Å². The van der Waals surface area contributed by atoms with Gasteiger partial charge in [-0.2, -0.15) is 0 Å². The van der Waals surface area contributed by atoms with E-state index in [1.165, 1.54) is 0 Å². The Morgan fingerprint density at radius 2 is 1.92 bits per heavy atom. The number of amides is 1. The molecule has 0 spiro atoms. The number of piperidine rings is 1. The number of nitrogens with zero attached hydrogens (tertiary/aromatic N) is 3. The standard InChI is InChI=1S/C21H25N3O2/c1-15-13-23-18(14-22-15)20(25)24-12-11-21(26,16-7-3-2-4-8-16)17-9-5-6-10-19(17)24/h2-4,7-8,13-14,17,19,26H,5-6,9-12H2,1H3/t17-,19-,21-/m1/s1. The maximum absolute atomic E-state index is 13.1. The van der Waals surface area contributed by atoms with E-state index in [0.29, 0.717) is 18.7 Å². The number of carbonyl (C=O) groups is 1. The van der Waals surface area contributed by atoms with Crippen LogP contribution in [0.15, 0.2) is 42.7 Å². The highest BCUT2D eigenvalue weighted by molar-refractivity contribution is 5.92. The molecule has 2 aromatic rings. The molecule has 4 rings (SSSR count). The Balaban J connectivity index is 1.64. The quantitative estimate of drug-likeness (QED) is 0.903. The Labute approximate surface area is 154 Å². The zero-order chi connectivity index (χ0) is 18.1. The van der Waals surface area contributed by atoms with Crippen molar-refractivity contribution in [1.82, 2.24) is 14.9 Å². The first kappa shape index (κ1) is 17.2. The summed E-state index contributed by atoms with van der Waals surface area (Å²) >= 11 is 0. The summed E-state index contributed by atoms with van der Waals surface area (Å²) in [4.78, 5) is 23.5. The molecule has 3 atom stereocenters. The Morgan fingerprint density at radius 3 is 2.65 bits per heavy atom. The molecule has 5 heteroatoms. The number of benzene rings is 1. The first-order valence-electron chi connectivity index (χ1n) is 9.47. The molecule has 2 heterocycles. The lowest BCUT2D eigenvalue weighted by atomic mass is 9.66. The molecule has 2 aliphatic rings. The van der Waals surface area contributed by atoms with E-state index in [4.69, 9.17) is 0 Å². The van der Waals surface area contributed by atoms with Crippen molar-refractivity contribution in [2.45, 2.75) is 50.7 Å².